The van der Waals surface area contributed by atoms with Crippen LogP contribution in [0.2, 0.25) is 0 Å². The molecule has 0 spiro atoms. The summed E-state index contributed by atoms with van der Waals surface area (Å²) in [6, 6.07) is 7.85. The lowest BCUT2D eigenvalue weighted by atomic mass is 9.82. The van der Waals surface area contributed by atoms with E-state index in [0.29, 0.717) is 28.4 Å². The Morgan fingerprint density at radius 3 is 2.33 bits per heavy atom. The van der Waals surface area contributed by atoms with E-state index in [1.54, 1.807) is 6.07 Å². The molecule has 12 heteroatoms. The fourth-order valence-electron chi connectivity index (χ4n) is 5.43. The number of sulfonamides is 1. The molecular weight excluding hydrogens is 534 g/mol. The topological polar surface area (TPSA) is 88.1 Å². The summed E-state index contributed by atoms with van der Waals surface area (Å²) in [6.45, 7) is 4.41. The van der Waals surface area contributed by atoms with Gasteiger partial charge in [-0.05, 0) is 73.6 Å². The largest absolute Gasteiger partial charge is 0.451 e. The SMILES string of the molecule is C=C(NCc1cc(-c2cnc(C(F)(F)F)nc2)cc(C2CC2)n1)[C@@H]1C2CC(C2)N1S(=O)(=O)c1ccc(F)cc1. The van der Waals surface area contributed by atoms with Gasteiger partial charge in [0.2, 0.25) is 15.8 Å². The maximum Gasteiger partial charge on any atom is 0.451 e. The molecule has 4 heterocycles. The summed E-state index contributed by atoms with van der Waals surface area (Å²) in [7, 11) is -3.85. The minimum absolute atomic E-state index is 0.0384. The number of alkyl halides is 3. The Labute approximate surface area is 223 Å². The highest BCUT2D eigenvalue weighted by Crippen LogP contribution is 2.50. The van der Waals surface area contributed by atoms with E-state index in [1.807, 2.05) is 6.07 Å². The second-order valence-electron chi connectivity index (χ2n) is 10.3. The number of fused-ring (bicyclic) bond motifs is 1. The van der Waals surface area contributed by atoms with E-state index in [9.17, 15) is 26.0 Å². The van der Waals surface area contributed by atoms with E-state index in [4.69, 9.17) is 4.98 Å². The Kier molecular flexibility index (Phi) is 6.22. The van der Waals surface area contributed by atoms with Crippen molar-refractivity contribution >= 4 is 10.0 Å². The van der Waals surface area contributed by atoms with Gasteiger partial charge >= 0.3 is 6.18 Å². The summed E-state index contributed by atoms with van der Waals surface area (Å²) in [5.74, 6) is -1.28. The molecule has 0 radical (unpaired) electrons. The summed E-state index contributed by atoms with van der Waals surface area (Å²) < 4.78 is 80.4. The zero-order valence-corrected chi connectivity index (χ0v) is 21.5. The van der Waals surface area contributed by atoms with Gasteiger partial charge in [-0.3, -0.25) is 4.98 Å². The van der Waals surface area contributed by atoms with Crippen LogP contribution in [-0.4, -0.2) is 39.8 Å². The standard InChI is InChI=1S/C27H25F4N5O2S/c1-15(25-18-9-22(10-18)36(25)39(37,38)23-6-4-20(28)5-7-23)32-14-21-8-17(11-24(35-21)16-2-3-16)19-12-33-26(34-13-19)27(29,30)31/h4-8,11-13,16,18,22,25,32H,1-3,9-10,14H2/t18?,22?,25-/m1/s1. The van der Waals surface area contributed by atoms with Crippen molar-refractivity contribution in [3.05, 3.63) is 84.1 Å². The number of halogens is 4. The quantitative estimate of drug-likeness (QED) is 0.390. The molecule has 7 nitrogen and oxygen atoms in total. The molecule has 7 rings (SSSR count). The first-order valence-electron chi connectivity index (χ1n) is 12.6. The second kappa shape index (κ2) is 9.37. The van der Waals surface area contributed by atoms with E-state index in [1.165, 1.54) is 16.4 Å². The van der Waals surface area contributed by atoms with Crippen molar-refractivity contribution in [1.29, 1.82) is 0 Å². The average Bonchev–Trinajstić information content (AvgIpc) is 3.56. The van der Waals surface area contributed by atoms with E-state index in [0.717, 1.165) is 55.9 Å². The van der Waals surface area contributed by atoms with Crippen molar-refractivity contribution in [3.63, 3.8) is 0 Å². The smallest absolute Gasteiger partial charge is 0.382 e. The Morgan fingerprint density at radius 1 is 1.05 bits per heavy atom. The first-order valence-corrected chi connectivity index (χ1v) is 14.1. The van der Waals surface area contributed by atoms with E-state index in [-0.39, 0.29) is 23.4 Å². The number of rotatable bonds is 8. The van der Waals surface area contributed by atoms with Crippen molar-refractivity contribution in [1.82, 2.24) is 24.6 Å². The predicted octanol–water partition coefficient (Wildman–Crippen LogP) is 5.03. The minimum Gasteiger partial charge on any atom is -0.382 e. The molecule has 2 saturated heterocycles. The predicted molar refractivity (Wildman–Crippen MR) is 134 cm³/mol. The first kappa shape index (κ1) is 25.9. The van der Waals surface area contributed by atoms with Crippen LogP contribution in [0.4, 0.5) is 17.6 Å². The Morgan fingerprint density at radius 2 is 1.72 bits per heavy atom. The molecule has 0 amide bonds. The Hall–Kier alpha value is -3.38. The van der Waals surface area contributed by atoms with Crippen molar-refractivity contribution in [2.75, 3.05) is 0 Å². The monoisotopic (exact) mass is 559 g/mol. The first-order chi connectivity index (χ1) is 18.5. The number of benzene rings is 1. The molecule has 4 fully saturated rings. The van der Waals surface area contributed by atoms with Crippen molar-refractivity contribution < 1.29 is 26.0 Å². The third kappa shape index (κ3) is 4.91. The van der Waals surface area contributed by atoms with Crippen LogP contribution in [0.3, 0.4) is 0 Å². The lowest BCUT2D eigenvalue weighted by Gasteiger charge is -2.26. The molecule has 4 aliphatic rings. The number of nitrogens with zero attached hydrogens (tertiary/aromatic N) is 4. The maximum absolute atomic E-state index is 13.4. The molecule has 3 aromatic rings. The van der Waals surface area contributed by atoms with Gasteiger partial charge in [-0.25, -0.2) is 22.8 Å². The van der Waals surface area contributed by atoms with Gasteiger partial charge in [0.1, 0.15) is 5.82 Å². The summed E-state index contributed by atoms with van der Waals surface area (Å²) in [5.41, 5.74) is 3.14. The summed E-state index contributed by atoms with van der Waals surface area (Å²) in [4.78, 5) is 11.7. The number of aromatic nitrogens is 3. The third-order valence-corrected chi connectivity index (χ3v) is 9.55. The molecule has 1 N–H and O–H groups in total. The van der Waals surface area contributed by atoms with Gasteiger partial charge in [0.05, 0.1) is 23.2 Å². The Balaban J connectivity index is 1.22. The summed E-state index contributed by atoms with van der Waals surface area (Å²) >= 11 is 0. The van der Waals surface area contributed by atoms with E-state index in [2.05, 4.69) is 21.9 Å². The lowest BCUT2D eigenvalue weighted by Crippen LogP contribution is -2.40. The van der Waals surface area contributed by atoms with Gasteiger partial charge in [0.25, 0.3) is 0 Å². The van der Waals surface area contributed by atoms with Gasteiger partial charge in [0, 0.05) is 41.3 Å². The number of hydrogen-bond acceptors (Lipinski definition) is 6. The van der Waals surface area contributed by atoms with E-state index < -0.39 is 33.9 Å². The van der Waals surface area contributed by atoms with Crippen LogP contribution in [0, 0.1) is 11.7 Å². The number of pyridine rings is 1. The zero-order chi connectivity index (χ0) is 27.5. The summed E-state index contributed by atoms with van der Waals surface area (Å²) in [5, 5.41) is 3.25. The van der Waals surface area contributed by atoms with Crippen LogP contribution in [0.25, 0.3) is 11.1 Å². The van der Waals surface area contributed by atoms with E-state index >= 15 is 0 Å². The van der Waals surface area contributed by atoms with Gasteiger partial charge in [0.15, 0.2) is 0 Å². The minimum atomic E-state index is -4.62. The maximum atomic E-state index is 13.4. The molecule has 2 bridgehead atoms. The highest BCUT2D eigenvalue weighted by molar-refractivity contribution is 7.89. The van der Waals surface area contributed by atoms with Crippen LogP contribution in [0.1, 0.15) is 48.8 Å². The van der Waals surface area contributed by atoms with Crippen LogP contribution >= 0.6 is 0 Å². The fraction of sp³-hybridized carbons (Fsp3) is 0.370. The van der Waals surface area contributed by atoms with Crippen molar-refractivity contribution in [2.45, 2.75) is 61.3 Å². The molecule has 2 saturated carbocycles. The molecule has 2 aliphatic carbocycles. The van der Waals surface area contributed by atoms with Crippen LogP contribution in [0.5, 0.6) is 0 Å². The lowest BCUT2D eigenvalue weighted by molar-refractivity contribution is -0.144. The zero-order valence-electron chi connectivity index (χ0n) is 20.7. The van der Waals surface area contributed by atoms with Gasteiger partial charge in [-0.1, -0.05) is 6.58 Å². The molecule has 2 aliphatic heterocycles. The van der Waals surface area contributed by atoms with Crippen LogP contribution < -0.4 is 5.32 Å². The van der Waals surface area contributed by atoms with Crippen molar-refractivity contribution in [3.8, 4) is 11.1 Å². The fourth-order valence-corrected chi connectivity index (χ4v) is 7.32. The van der Waals surface area contributed by atoms with Gasteiger partial charge < -0.3 is 5.32 Å². The average molecular weight is 560 g/mol. The highest BCUT2D eigenvalue weighted by Gasteiger charge is 2.56. The molecule has 0 unspecified atom stereocenters. The highest BCUT2D eigenvalue weighted by atomic mass is 32.2. The normalized spacial score (nSPS) is 22.9. The number of nitrogens with one attached hydrogen (secondary N) is 1. The molecule has 1 atom stereocenters. The molecule has 39 heavy (non-hydrogen) atoms. The molecule has 2 aromatic heterocycles. The van der Waals surface area contributed by atoms with Crippen LogP contribution in [-0.2, 0) is 22.7 Å². The molecule has 204 valence electrons. The Bertz CT molecular complexity index is 1520. The van der Waals surface area contributed by atoms with Gasteiger partial charge in [-0.2, -0.15) is 17.5 Å². The molecule has 1 aromatic carbocycles. The van der Waals surface area contributed by atoms with Crippen molar-refractivity contribution in [2.24, 2.45) is 5.92 Å². The number of hydrogen-bond donors (Lipinski definition) is 1. The third-order valence-electron chi connectivity index (χ3n) is 7.61. The van der Waals surface area contributed by atoms with Gasteiger partial charge in [-0.15, -0.1) is 0 Å². The second-order valence-corrected chi connectivity index (χ2v) is 12.2. The molecular formula is C27H25F4N5O2S. The van der Waals surface area contributed by atoms with Crippen LogP contribution in [0.15, 0.2) is 66.0 Å². The summed E-state index contributed by atoms with van der Waals surface area (Å²) in [6.07, 6.45) is 1.13.